The maximum absolute atomic E-state index is 12.3. The molecule has 1 amide bonds. The van der Waals surface area contributed by atoms with Crippen LogP contribution in [-0.4, -0.2) is 16.7 Å². The van der Waals surface area contributed by atoms with Crippen LogP contribution in [-0.2, 0) is 17.6 Å². The number of pyridine rings is 1. The van der Waals surface area contributed by atoms with Gasteiger partial charge < -0.3 is 5.32 Å². The first-order valence-electron chi connectivity index (χ1n) is 8.49. The van der Waals surface area contributed by atoms with E-state index >= 15 is 0 Å². The van der Waals surface area contributed by atoms with Gasteiger partial charge in [0.05, 0.1) is 0 Å². The van der Waals surface area contributed by atoms with E-state index in [2.05, 4.69) is 16.4 Å². The number of nitrogens with one attached hydrogen (secondary N) is 1. The largest absolute Gasteiger partial charge is 0.311 e. The highest BCUT2D eigenvalue weighted by molar-refractivity contribution is 6.00. The molecule has 0 saturated carbocycles. The molecule has 1 N–H and O–H groups in total. The number of carbonyl (C=O) groups is 2. The van der Waals surface area contributed by atoms with Crippen molar-refractivity contribution in [3.63, 3.8) is 0 Å². The molecule has 0 atom stereocenters. The summed E-state index contributed by atoms with van der Waals surface area (Å²) in [6, 6.07) is 9.62. The summed E-state index contributed by atoms with van der Waals surface area (Å²) in [6.45, 7) is 1.94. The third kappa shape index (κ3) is 4.07. The molecule has 1 aromatic heterocycles. The van der Waals surface area contributed by atoms with Gasteiger partial charge in [-0.25, -0.2) is 4.98 Å². The van der Waals surface area contributed by atoms with Crippen molar-refractivity contribution in [1.82, 2.24) is 4.98 Å². The number of aromatic nitrogens is 1. The predicted molar refractivity (Wildman–Crippen MR) is 94.3 cm³/mol. The first-order chi connectivity index (χ1) is 11.6. The monoisotopic (exact) mass is 322 g/mol. The number of hydrogen-bond donors (Lipinski definition) is 1. The van der Waals surface area contributed by atoms with E-state index in [0.29, 0.717) is 5.82 Å². The Hall–Kier alpha value is -2.49. The summed E-state index contributed by atoms with van der Waals surface area (Å²) in [6.07, 6.45) is 6.67. The fourth-order valence-corrected chi connectivity index (χ4v) is 3.03. The number of benzene rings is 1. The van der Waals surface area contributed by atoms with Crippen LogP contribution in [0.5, 0.6) is 0 Å². The van der Waals surface area contributed by atoms with E-state index in [-0.39, 0.29) is 24.5 Å². The number of Topliss-reactive ketones (excluding diaryl/α,β-unsaturated/α-hetero) is 1. The summed E-state index contributed by atoms with van der Waals surface area (Å²) in [7, 11) is 0. The molecule has 1 aromatic carbocycles. The smallest absolute Gasteiger partial charge is 0.225 e. The van der Waals surface area contributed by atoms with Crippen LogP contribution in [0.3, 0.4) is 0 Å². The molecule has 0 radical (unpaired) electrons. The molecule has 0 fully saturated rings. The minimum atomic E-state index is -0.183. The van der Waals surface area contributed by atoms with E-state index in [0.717, 1.165) is 24.0 Å². The van der Waals surface area contributed by atoms with Crippen molar-refractivity contribution in [3.8, 4) is 0 Å². The lowest BCUT2D eigenvalue weighted by Crippen LogP contribution is -2.14. The minimum absolute atomic E-state index is 0.0235. The molecule has 1 aliphatic rings. The van der Waals surface area contributed by atoms with Gasteiger partial charge in [0.2, 0.25) is 5.91 Å². The Morgan fingerprint density at radius 3 is 2.58 bits per heavy atom. The molecular weight excluding hydrogens is 300 g/mol. The molecule has 3 rings (SSSR count). The van der Waals surface area contributed by atoms with E-state index < -0.39 is 0 Å². The Morgan fingerprint density at radius 2 is 1.83 bits per heavy atom. The van der Waals surface area contributed by atoms with Crippen LogP contribution in [0.4, 0.5) is 5.82 Å². The molecule has 0 bridgehead atoms. The Bertz CT molecular complexity index is 751. The van der Waals surface area contributed by atoms with E-state index in [1.165, 1.54) is 24.0 Å². The summed E-state index contributed by atoms with van der Waals surface area (Å²) < 4.78 is 0. The number of carbonyl (C=O) groups excluding carboxylic acids is 2. The highest BCUT2D eigenvalue weighted by atomic mass is 16.2. The molecule has 1 aliphatic carbocycles. The van der Waals surface area contributed by atoms with Crippen LogP contribution < -0.4 is 5.32 Å². The number of rotatable bonds is 5. The van der Waals surface area contributed by atoms with Gasteiger partial charge in [-0.15, -0.1) is 0 Å². The van der Waals surface area contributed by atoms with E-state index in [9.17, 15) is 9.59 Å². The third-order valence-corrected chi connectivity index (χ3v) is 4.43. The second-order valence-electron chi connectivity index (χ2n) is 6.38. The highest BCUT2D eigenvalue weighted by Crippen LogP contribution is 2.23. The molecule has 4 nitrogen and oxygen atoms in total. The SMILES string of the molecule is Cc1ccc(NC(=O)CCC(=O)c2ccc3c(c2)CCCC3)nc1. The highest BCUT2D eigenvalue weighted by Gasteiger charge is 2.14. The quantitative estimate of drug-likeness (QED) is 0.850. The maximum atomic E-state index is 12.3. The first-order valence-corrected chi connectivity index (χ1v) is 8.49. The zero-order valence-corrected chi connectivity index (χ0v) is 14.0. The Balaban J connectivity index is 1.55. The Kier molecular flexibility index (Phi) is 5.04. The lowest BCUT2D eigenvalue weighted by molar-refractivity contribution is -0.116. The molecule has 0 spiro atoms. The van der Waals surface area contributed by atoms with Crippen LogP contribution >= 0.6 is 0 Å². The second kappa shape index (κ2) is 7.39. The lowest BCUT2D eigenvalue weighted by Gasteiger charge is -2.16. The zero-order valence-electron chi connectivity index (χ0n) is 14.0. The van der Waals surface area contributed by atoms with Crippen molar-refractivity contribution in [2.24, 2.45) is 0 Å². The van der Waals surface area contributed by atoms with Crippen LogP contribution in [0.25, 0.3) is 0 Å². The number of hydrogen-bond acceptors (Lipinski definition) is 3. The van der Waals surface area contributed by atoms with Gasteiger partial charge in [-0.2, -0.15) is 0 Å². The van der Waals surface area contributed by atoms with Gasteiger partial charge in [-0.05, 0) is 61.4 Å². The average molecular weight is 322 g/mol. The summed E-state index contributed by atoms with van der Waals surface area (Å²) in [4.78, 5) is 28.4. The number of anilines is 1. The standard InChI is InChI=1S/C20H22N2O2/c1-14-6-10-19(21-13-14)22-20(24)11-9-18(23)17-8-7-15-4-2-3-5-16(15)12-17/h6-8,10,12-13H,2-5,9,11H2,1H3,(H,21,22,24). The van der Waals surface area contributed by atoms with Gasteiger partial charge in [-0.3, -0.25) is 9.59 Å². The predicted octanol–water partition coefficient (Wildman–Crippen LogP) is 3.87. The Labute approximate surface area is 142 Å². The van der Waals surface area contributed by atoms with Crippen LogP contribution in [0, 0.1) is 6.92 Å². The Morgan fingerprint density at radius 1 is 1.04 bits per heavy atom. The third-order valence-electron chi connectivity index (χ3n) is 4.43. The van der Waals surface area contributed by atoms with Crippen molar-refractivity contribution in [1.29, 1.82) is 0 Å². The summed E-state index contributed by atoms with van der Waals surface area (Å²) in [5.41, 5.74) is 4.41. The zero-order chi connectivity index (χ0) is 16.9. The molecule has 2 aromatic rings. The number of amides is 1. The second-order valence-corrected chi connectivity index (χ2v) is 6.38. The fourth-order valence-electron chi connectivity index (χ4n) is 3.03. The average Bonchev–Trinajstić information content (AvgIpc) is 2.61. The van der Waals surface area contributed by atoms with Crippen molar-refractivity contribution in [3.05, 3.63) is 58.8 Å². The van der Waals surface area contributed by atoms with Crippen LogP contribution in [0.1, 0.15) is 52.7 Å². The maximum Gasteiger partial charge on any atom is 0.225 e. The molecule has 0 unspecified atom stereocenters. The van der Waals surface area contributed by atoms with Crippen molar-refractivity contribution < 1.29 is 9.59 Å². The normalized spacial score (nSPS) is 13.2. The van der Waals surface area contributed by atoms with Crippen LogP contribution in [0.2, 0.25) is 0 Å². The van der Waals surface area contributed by atoms with Crippen LogP contribution in [0.15, 0.2) is 36.5 Å². The van der Waals surface area contributed by atoms with Gasteiger partial charge in [0.25, 0.3) is 0 Å². The molecule has 0 aliphatic heterocycles. The number of ketones is 1. The summed E-state index contributed by atoms with van der Waals surface area (Å²) in [5, 5.41) is 2.72. The van der Waals surface area contributed by atoms with E-state index in [1.54, 1.807) is 12.3 Å². The van der Waals surface area contributed by atoms with E-state index in [1.807, 2.05) is 25.1 Å². The minimum Gasteiger partial charge on any atom is -0.311 e. The molecular formula is C20H22N2O2. The molecule has 0 saturated heterocycles. The molecule has 4 heteroatoms. The van der Waals surface area contributed by atoms with Crippen molar-refractivity contribution >= 4 is 17.5 Å². The van der Waals surface area contributed by atoms with E-state index in [4.69, 9.17) is 0 Å². The van der Waals surface area contributed by atoms with Gasteiger partial charge in [-0.1, -0.05) is 18.2 Å². The molecule has 24 heavy (non-hydrogen) atoms. The van der Waals surface area contributed by atoms with Gasteiger partial charge in [0.15, 0.2) is 5.78 Å². The molecule has 1 heterocycles. The van der Waals surface area contributed by atoms with Crippen molar-refractivity contribution in [2.45, 2.75) is 45.4 Å². The van der Waals surface area contributed by atoms with Gasteiger partial charge in [0, 0.05) is 24.6 Å². The summed E-state index contributed by atoms with van der Waals surface area (Å²) in [5.74, 6) is 0.361. The first kappa shape index (κ1) is 16.4. The fraction of sp³-hybridized carbons (Fsp3) is 0.350. The van der Waals surface area contributed by atoms with Crippen molar-refractivity contribution in [2.75, 3.05) is 5.32 Å². The lowest BCUT2D eigenvalue weighted by atomic mass is 9.89. The van der Waals surface area contributed by atoms with Gasteiger partial charge in [0.1, 0.15) is 5.82 Å². The molecule has 124 valence electrons. The number of nitrogens with zero attached hydrogens (tertiary/aromatic N) is 1. The topological polar surface area (TPSA) is 59.1 Å². The van der Waals surface area contributed by atoms with Gasteiger partial charge >= 0.3 is 0 Å². The number of aryl methyl sites for hydroxylation is 3. The number of fused-ring (bicyclic) bond motifs is 1. The summed E-state index contributed by atoms with van der Waals surface area (Å²) >= 11 is 0.